The van der Waals surface area contributed by atoms with Crippen LogP contribution in [0.2, 0.25) is 0 Å². The summed E-state index contributed by atoms with van der Waals surface area (Å²) in [6, 6.07) is 90.9. The molecule has 282 valence electrons. The zero-order valence-corrected chi connectivity index (χ0v) is 33.1. The van der Waals surface area contributed by atoms with Crippen LogP contribution in [0, 0.1) is 0 Å². The summed E-state index contributed by atoms with van der Waals surface area (Å²) in [6.07, 6.45) is 0. The summed E-state index contributed by atoms with van der Waals surface area (Å²) in [5.41, 5.74) is 17.7. The fourth-order valence-corrected chi connectivity index (χ4v) is 9.75. The van der Waals surface area contributed by atoms with E-state index >= 15 is 0 Å². The van der Waals surface area contributed by atoms with Crippen molar-refractivity contribution in [1.82, 2.24) is 0 Å². The first-order valence-corrected chi connectivity index (χ1v) is 20.8. The second-order valence-electron chi connectivity index (χ2n) is 15.6. The second kappa shape index (κ2) is 14.9. The van der Waals surface area contributed by atoms with Crippen molar-refractivity contribution >= 4 is 27.8 Å². The quantitative estimate of drug-likeness (QED) is 0.149. The molecule has 0 saturated carbocycles. The lowest BCUT2D eigenvalue weighted by atomic mass is 9.68. The number of nitrogens with zero attached hydrogens (tertiary/aromatic N) is 1. The normalized spacial score (nSPS) is 12.5. The maximum atomic E-state index is 2.46. The van der Waals surface area contributed by atoms with Crippen molar-refractivity contribution in [2.75, 3.05) is 4.90 Å². The molecular weight excluding hydrogens is 723 g/mol. The van der Waals surface area contributed by atoms with Gasteiger partial charge in [-0.25, -0.2) is 0 Å². The van der Waals surface area contributed by atoms with Crippen LogP contribution in [0.3, 0.4) is 0 Å². The van der Waals surface area contributed by atoms with Crippen LogP contribution in [0.15, 0.2) is 249 Å². The van der Waals surface area contributed by atoms with Crippen LogP contribution in [-0.2, 0) is 5.41 Å². The van der Waals surface area contributed by atoms with Crippen LogP contribution < -0.4 is 4.90 Å². The van der Waals surface area contributed by atoms with Crippen molar-refractivity contribution < 1.29 is 0 Å². The minimum absolute atomic E-state index is 0.501. The predicted octanol–water partition coefficient (Wildman–Crippen LogP) is 15.7. The van der Waals surface area contributed by atoms with Crippen molar-refractivity contribution in [2.24, 2.45) is 0 Å². The van der Waals surface area contributed by atoms with E-state index in [2.05, 4.69) is 254 Å². The highest BCUT2D eigenvalue weighted by Crippen LogP contribution is 2.59. The smallest absolute Gasteiger partial charge is 0.0714 e. The van der Waals surface area contributed by atoms with Gasteiger partial charge in [-0.05, 0) is 102 Å². The molecule has 0 N–H and O–H groups in total. The van der Waals surface area contributed by atoms with Gasteiger partial charge in [-0.3, -0.25) is 0 Å². The molecule has 0 heterocycles. The SMILES string of the molecule is c1ccc(-c2ccccc2-c2ccc(N(c3ccc(-c4cccc5ccccc45)cc3)c3cccc4c3-c3ccccc3C4(c3ccccc3)c3ccccc3)cc2)cc1. The van der Waals surface area contributed by atoms with Gasteiger partial charge in [0.05, 0.1) is 11.1 Å². The summed E-state index contributed by atoms with van der Waals surface area (Å²) in [7, 11) is 0. The lowest BCUT2D eigenvalue weighted by molar-refractivity contribution is 0.768. The van der Waals surface area contributed by atoms with Crippen molar-refractivity contribution in [2.45, 2.75) is 5.41 Å². The lowest BCUT2D eigenvalue weighted by Crippen LogP contribution is -2.28. The van der Waals surface area contributed by atoms with Gasteiger partial charge < -0.3 is 4.90 Å². The Kier molecular flexibility index (Phi) is 8.79. The van der Waals surface area contributed by atoms with Crippen LogP contribution >= 0.6 is 0 Å². The third-order valence-corrected chi connectivity index (χ3v) is 12.4. The Bertz CT molecular complexity index is 3070. The van der Waals surface area contributed by atoms with Gasteiger partial charge in [0.15, 0.2) is 0 Å². The first-order chi connectivity index (χ1) is 29.8. The van der Waals surface area contributed by atoms with Crippen molar-refractivity contribution in [3.05, 3.63) is 271 Å². The molecule has 10 aromatic carbocycles. The molecule has 0 spiro atoms. The van der Waals surface area contributed by atoms with Crippen molar-refractivity contribution in [3.8, 4) is 44.5 Å². The van der Waals surface area contributed by atoms with Gasteiger partial charge >= 0.3 is 0 Å². The Labute approximate surface area is 352 Å². The van der Waals surface area contributed by atoms with E-state index in [0.29, 0.717) is 0 Å². The zero-order valence-electron chi connectivity index (χ0n) is 33.1. The molecule has 0 saturated heterocycles. The predicted molar refractivity (Wildman–Crippen MR) is 252 cm³/mol. The number of hydrogen-bond donors (Lipinski definition) is 0. The van der Waals surface area contributed by atoms with Crippen LogP contribution in [-0.4, -0.2) is 0 Å². The van der Waals surface area contributed by atoms with E-state index in [0.717, 1.165) is 17.1 Å². The molecule has 10 aromatic rings. The molecule has 0 fully saturated rings. The average molecular weight is 764 g/mol. The van der Waals surface area contributed by atoms with E-state index in [1.54, 1.807) is 0 Å². The standard InChI is InChI=1S/C59H41N/c1-4-18-42(19-5-1)50-27-12-13-28-52(50)44-34-38-48(39-35-44)60(49-40-36-45(37-41-49)53-30-16-21-43-20-10-11-26-51(43)53)57-33-17-32-56-58(57)54-29-14-15-31-55(54)59(56,46-22-6-2-7-23-46)47-24-8-3-9-25-47/h1-41H. The molecule has 0 radical (unpaired) electrons. The number of hydrogen-bond acceptors (Lipinski definition) is 1. The molecule has 60 heavy (non-hydrogen) atoms. The highest BCUT2D eigenvalue weighted by Gasteiger charge is 2.47. The molecule has 11 rings (SSSR count). The minimum atomic E-state index is -0.501. The summed E-state index contributed by atoms with van der Waals surface area (Å²) in [5.74, 6) is 0. The second-order valence-corrected chi connectivity index (χ2v) is 15.6. The van der Waals surface area contributed by atoms with E-state index in [4.69, 9.17) is 0 Å². The first kappa shape index (κ1) is 35.4. The summed E-state index contributed by atoms with van der Waals surface area (Å²) in [4.78, 5) is 2.46. The fourth-order valence-electron chi connectivity index (χ4n) is 9.75. The van der Waals surface area contributed by atoms with Crippen molar-refractivity contribution in [3.63, 3.8) is 0 Å². The summed E-state index contributed by atoms with van der Waals surface area (Å²) < 4.78 is 0. The van der Waals surface area contributed by atoms with Gasteiger partial charge in [-0.2, -0.15) is 0 Å². The number of anilines is 3. The number of fused-ring (bicyclic) bond motifs is 4. The molecule has 0 unspecified atom stereocenters. The third-order valence-electron chi connectivity index (χ3n) is 12.4. The van der Waals surface area contributed by atoms with Gasteiger partial charge in [-0.1, -0.05) is 218 Å². The Morgan fingerprint density at radius 1 is 0.283 bits per heavy atom. The minimum Gasteiger partial charge on any atom is -0.310 e. The van der Waals surface area contributed by atoms with E-state index in [9.17, 15) is 0 Å². The number of benzene rings is 10. The maximum Gasteiger partial charge on any atom is 0.0714 e. The van der Waals surface area contributed by atoms with Crippen LogP contribution in [0.25, 0.3) is 55.3 Å². The monoisotopic (exact) mass is 763 g/mol. The maximum absolute atomic E-state index is 2.46. The largest absolute Gasteiger partial charge is 0.310 e. The van der Waals surface area contributed by atoms with Gasteiger partial charge in [0, 0.05) is 16.9 Å². The molecule has 1 aliphatic carbocycles. The Hall–Kier alpha value is -7.74. The Balaban J connectivity index is 1.12. The van der Waals surface area contributed by atoms with Crippen LogP contribution in [0.4, 0.5) is 17.1 Å². The molecule has 0 atom stereocenters. The summed E-state index contributed by atoms with van der Waals surface area (Å²) in [6.45, 7) is 0. The lowest BCUT2D eigenvalue weighted by Gasteiger charge is -2.34. The highest BCUT2D eigenvalue weighted by molar-refractivity contribution is 5.99. The van der Waals surface area contributed by atoms with Crippen LogP contribution in [0.1, 0.15) is 22.3 Å². The molecule has 0 aromatic heterocycles. The van der Waals surface area contributed by atoms with Crippen molar-refractivity contribution in [1.29, 1.82) is 0 Å². The van der Waals surface area contributed by atoms with Gasteiger partial charge in [-0.15, -0.1) is 0 Å². The van der Waals surface area contributed by atoms with E-state index in [1.807, 2.05) is 0 Å². The first-order valence-electron chi connectivity index (χ1n) is 20.8. The Morgan fingerprint density at radius 2 is 0.717 bits per heavy atom. The summed E-state index contributed by atoms with van der Waals surface area (Å²) >= 11 is 0. The topological polar surface area (TPSA) is 3.24 Å². The molecule has 1 heteroatoms. The summed E-state index contributed by atoms with van der Waals surface area (Å²) in [5, 5.41) is 2.50. The van der Waals surface area contributed by atoms with Gasteiger partial charge in [0.25, 0.3) is 0 Å². The van der Waals surface area contributed by atoms with E-state index < -0.39 is 5.41 Å². The van der Waals surface area contributed by atoms with E-state index in [-0.39, 0.29) is 0 Å². The molecule has 1 aliphatic rings. The van der Waals surface area contributed by atoms with Gasteiger partial charge in [0.2, 0.25) is 0 Å². The fraction of sp³-hybridized carbons (Fsp3) is 0.0169. The Morgan fingerprint density at radius 3 is 1.35 bits per heavy atom. The van der Waals surface area contributed by atoms with Gasteiger partial charge in [0.1, 0.15) is 0 Å². The van der Waals surface area contributed by atoms with Crippen LogP contribution in [0.5, 0.6) is 0 Å². The average Bonchev–Trinajstić information content (AvgIpc) is 3.64. The molecule has 1 nitrogen and oxygen atoms in total. The molecular formula is C59H41N. The zero-order chi connectivity index (χ0) is 39.9. The molecule has 0 bridgehead atoms. The third kappa shape index (κ3) is 5.78. The number of rotatable bonds is 8. The molecule has 0 amide bonds. The van der Waals surface area contributed by atoms with E-state index in [1.165, 1.54) is 77.5 Å². The highest BCUT2D eigenvalue weighted by atomic mass is 15.1. The molecule has 0 aliphatic heterocycles.